The Labute approximate surface area is 127 Å². The first-order valence-corrected chi connectivity index (χ1v) is 8.52. The number of allylic oxidation sites excluding steroid dienone is 7. The summed E-state index contributed by atoms with van der Waals surface area (Å²) in [5.41, 5.74) is 0. The van der Waals surface area contributed by atoms with Gasteiger partial charge in [0.15, 0.2) is 0 Å². The van der Waals surface area contributed by atoms with Crippen molar-refractivity contribution in [3.63, 3.8) is 0 Å². The first kappa shape index (κ1) is 19.0. The van der Waals surface area contributed by atoms with Crippen molar-refractivity contribution in [3.05, 3.63) is 49.1 Å². The molecule has 0 saturated carbocycles. The molecular formula is C20H34. The average molecular weight is 274 g/mol. The second-order valence-corrected chi connectivity index (χ2v) is 5.40. The summed E-state index contributed by atoms with van der Waals surface area (Å²) in [4.78, 5) is 0. The number of unbranched alkanes of at least 4 members (excludes halogenated alkanes) is 10. The summed E-state index contributed by atoms with van der Waals surface area (Å²) in [7, 11) is 0. The maximum atomic E-state index is 3.63. The summed E-state index contributed by atoms with van der Waals surface area (Å²) in [6, 6.07) is 0. The van der Waals surface area contributed by atoms with Crippen LogP contribution < -0.4 is 0 Å². The van der Waals surface area contributed by atoms with Crippen molar-refractivity contribution in [1.82, 2.24) is 0 Å². The lowest BCUT2D eigenvalue weighted by Crippen LogP contribution is -1.81. The zero-order valence-corrected chi connectivity index (χ0v) is 13.5. The molecule has 0 saturated heterocycles. The van der Waals surface area contributed by atoms with Crippen molar-refractivity contribution < 1.29 is 0 Å². The maximum absolute atomic E-state index is 3.63. The fraction of sp³-hybridized carbons (Fsp3) is 0.600. The number of hydrogen-bond donors (Lipinski definition) is 0. The van der Waals surface area contributed by atoms with E-state index in [1.54, 1.807) is 6.08 Å². The Balaban J connectivity index is 3.16. The SMILES string of the molecule is C=C/C=C/C=C/C=C/CCCCCCCCCCCC. The molecule has 0 spiro atoms. The van der Waals surface area contributed by atoms with Gasteiger partial charge in [-0.25, -0.2) is 0 Å². The van der Waals surface area contributed by atoms with E-state index in [9.17, 15) is 0 Å². The van der Waals surface area contributed by atoms with E-state index in [-0.39, 0.29) is 0 Å². The van der Waals surface area contributed by atoms with E-state index in [0.29, 0.717) is 0 Å². The van der Waals surface area contributed by atoms with Gasteiger partial charge in [-0.1, -0.05) is 114 Å². The van der Waals surface area contributed by atoms with Gasteiger partial charge in [0, 0.05) is 0 Å². The van der Waals surface area contributed by atoms with Gasteiger partial charge >= 0.3 is 0 Å². The molecule has 0 nitrogen and oxygen atoms in total. The summed E-state index contributed by atoms with van der Waals surface area (Å²) >= 11 is 0. The molecule has 0 atom stereocenters. The smallest absolute Gasteiger partial charge is 0.0348 e. The summed E-state index contributed by atoms with van der Waals surface area (Å²) in [5.74, 6) is 0. The molecule has 0 heteroatoms. The zero-order valence-electron chi connectivity index (χ0n) is 13.5. The molecule has 0 aromatic carbocycles. The van der Waals surface area contributed by atoms with Crippen LogP contribution in [0.5, 0.6) is 0 Å². The third-order valence-corrected chi connectivity index (χ3v) is 3.44. The van der Waals surface area contributed by atoms with E-state index in [2.05, 4.69) is 31.7 Å². The van der Waals surface area contributed by atoms with Crippen LogP contribution in [0.15, 0.2) is 49.1 Å². The highest BCUT2D eigenvalue weighted by Gasteiger charge is 1.91. The van der Waals surface area contributed by atoms with Crippen LogP contribution in [-0.4, -0.2) is 0 Å². The molecule has 0 unspecified atom stereocenters. The molecule has 114 valence electrons. The van der Waals surface area contributed by atoms with E-state index in [1.165, 1.54) is 70.6 Å². The first-order chi connectivity index (χ1) is 9.91. The first-order valence-electron chi connectivity index (χ1n) is 8.52. The van der Waals surface area contributed by atoms with Gasteiger partial charge < -0.3 is 0 Å². The molecule has 0 radical (unpaired) electrons. The van der Waals surface area contributed by atoms with Gasteiger partial charge in [0.2, 0.25) is 0 Å². The standard InChI is InChI=1S/C20H34/c1-3-5-7-9-11-13-15-17-19-20-18-16-14-12-10-8-6-4-2/h3,5,7,9,11,13,15H,1,4,6,8,10,12,14,16-20H2,2H3/b7-5+,11-9+,15-13+. The van der Waals surface area contributed by atoms with Crippen LogP contribution in [0.1, 0.15) is 77.6 Å². The molecule has 0 fully saturated rings. The quantitative estimate of drug-likeness (QED) is 0.233. The summed E-state index contributed by atoms with van der Waals surface area (Å²) in [6.07, 6.45) is 29.6. The van der Waals surface area contributed by atoms with Gasteiger partial charge in [0.25, 0.3) is 0 Å². The van der Waals surface area contributed by atoms with E-state index >= 15 is 0 Å². The summed E-state index contributed by atoms with van der Waals surface area (Å²) in [5, 5.41) is 0. The van der Waals surface area contributed by atoms with Gasteiger partial charge in [0.05, 0.1) is 0 Å². The average Bonchev–Trinajstić information content (AvgIpc) is 2.47. The molecule has 0 bridgehead atoms. The summed E-state index contributed by atoms with van der Waals surface area (Å²) in [6.45, 7) is 5.91. The van der Waals surface area contributed by atoms with Gasteiger partial charge in [0.1, 0.15) is 0 Å². The van der Waals surface area contributed by atoms with Crippen LogP contribution in [-0.2, 0) is 0 Å². The number of rotatable bonds is 14. The zero-order chi connectivity index (χ0) is 14.7. The third-order valence-electron chi connectivity index (χ3n) is 3.44. The van der Waals surface area contributed by atoms with E-state index < -0.39 is 0 Å². The van der Waals surface area contributed by atoms with E-state index in [1.807, 2.05) is 18.2 Å². The molecule has 0 heterocycles. The molecule has 0 amide bonds. The minimum atomic E-state index is 1.21. The molecule has 20 heavy (non-hydrogen) atoms. The second kappa shape index (κ2) is 18.0. The van der Waals surface area contributed by atoms with Crippen LogP contribution in [0.3, 0.4) is 0 Å². The molecule has 0 aromatic heterocycles. The Bertz CT molecular complexity index is 268. The van der Waals surface area contributed by atoms with Crippen molar-refractivity contribution in [1.29, 1.82) is 0 Å². The lowest BCUT2D eigenvalue weighted by atomic mass is 10.1. The molecule has 0 aliphatic rings. The summed E-state index contributed by atoms with van der Waals surface area (Å²) < 4.78 is 0. The highest BCUT2D eigenvalue weighted by Crippen LogP contribution is 2.11. The third kappa shape index (κ3) is 17.0. The van der Waals surface area contributed by atoms with Crippen LogP contribution in [0, 0.1) is 0 Å². The molecule has 0 aromatic rings. The van der Waals surface area contributed by atoms with Crippen molar-refractivity contribution >= 4 is 0 Å². The minimum absolute atomic E-state index is 1.21. The van der Waals surface area contributed by atoms with Crippen molar-refractivity contribution in [2.75, 3.05) is 0 Å². The Kier molecular flexibility index (Phi) is 17.0. The van der Waals surface area contributed by atoms with Gasteiger partial charge in [-0.3, -0.25) is 0 Å². The maximum Gasteiger partial charge on any atom is -0.0348 e. The van der Waals surface area contributed by atoms with Gasteiger partial charge in [-0.15, -0.1) is 0 Å². The molecule has 0 aliphatic heterocycles. The second-order valence-electron chi connectivity index (χ2n) is 5.40. The van der Waals surface area contributed by atoms with Gasteiger partial charge in [-0.05, 0) is 12.8 Å². The van der Waals surface area contributed by atoms with Gasteiger partial charge in [-0.2, -0.15) is 0 Å². The van der Waals surface area contributed by atoms with Crippen molar-refractivity contribution in [3.8, 4) is 0 Å². The molecular weight excluding hydrogens is 240 g/mol. The Morgan fingerprint density at radius 2 is 1.10 bits per heavy atom. The van der Waals surface area contributed by atoms with Crippen molar-refractivity contribution in [2.45, 2.75) is 77.6 Å². The monoisotopic (exact) mass is 274 g/mol. The molecule has 0 rings (SSSR count). The van der Waals surface area contributed by atoms with Crippen LogP contribution in [0.2, 0.25) is 0 Å². The Hall–Kier alpha value is -1.04. The molecule has 0 N–H and O–H groups in total. The lowest BCUT2D eigenvalue weighted by Gasteiger charge is -2.01. The lowest BCUT2D eigenvalue weighted by molar-refractivity contribution is 0.557. The predicted molar refractivity (Wildman–Crippen MR) is 94.1 cm³/mol. The van der Waals surface area contributed by atoms with Crippen molar-refractivity contribution in [2.24, 2.45) is 0 Å². The highest BCUT2D eigenvalue weighted by atomic mass is 14.0. The Morgan fingerprint density at radius 1 is 0.600 bits per heavy atom. The minimum Gasteiger partial charge on any atom is -0.0991 e. The predicted octanol–water partition coefficient (Wildman–Crippen LogP) is 7.15. The topological polar surface area (TPSA) is 0 Å². The van der Waals surface area contributed by atoms with Crippen LogP contribution >= 0.6 is 0 Å². The van der Waals surface area contributed by atoms with E-state index in [0.717, 1.165) is 0 Å². The Morgan fingerprint density at radius 3 is 1.70 bits per heavy atom. The number of hydrogen-bond acceptors (Lipinski definition) is 0. The van der Waals surface area contributed by atoms with Crippen LogP contribution in [0.4, 0.5) is 0 Å². The fourth-order valence-corrected chi connectivity index (χ4v) is 2.20. The van der Waals surface area contributed by atoms with Crippen LogP contribution in [0.25, 0.3) is 0 Å². The fourth-order valence-electron chi connectivity index (χ4n) is 2.20. The van der Waals surface area contributed by atoms with E-state index in [4.69, 9.17) is 0 Å². The highest BCUT2D eigenvalue weighted by molar-refractivity contribution is 5.14. The normalized spacial score (nSPS) is 12.1. The largest absolute Gasteiger partial charge is 0.0991 e. The molecule has 0 aliphatic carbocycles.